The Morgan fingerprint density at radius 1 is 1.64 bits per heavy atom. The highest BCUT2D eigenvalue weighted by Gasteiger charge is 1.89. The molecule has 5 nitrogen and oxygen atoms in total. The molecule has 0 rings (SSSR count). The van der Waals surface area contributed by atoms with Gasteiger partial charge in [-0.25, -0.2) is 4.99 Å². The summed E-state index contributed by atoms with van der Waals surface area (Å²) in [5.41, 5.74) is 5.29. The molecule has 0 aliphatic rings. The van der Waals surface area contributed by atoms with Crippen LogP contribution in [0, 0.1) is 0 Å². The van der Waals surface area contributed by atoms with Crippen molar-refractivity contribution >= 4 is 12.6 Å². The predicted molar refractivity (Wildman–Crippen MR) is 45.7 cm³/mol. The zero-order valence-corrected chi connectivity index (χ0v) is 6.73. The van der Waals surface area contributed by atoms with E-state index < -0.39 is 6.23 Å². The van der Waals surface area contributed by atoms with Crippen LogP contribution in [0.25, 0.3) is 0 Å². The molecular formula is C6H14N4O. The molecule has 0 saturated carbocycles. The lowest BCUT2D eigenvalue weighted by Crippen LogP contribution is -2.25. The summed E-state index contributed by atoms with van der Waals surface area (Å²) in [5, 5.41) is 11.4. The molecule has 0 spiro atoms. The molecule has 0 heterocycles. The van der Waals surface area contributed by atoms with Gasteiger partial charge in [0.1, 0.15) is 12.6 Å². The van der Waals surface area contributed by atoms with Crippen LogP contribution in [0.5, 0.6) is 0 Å². The van der Waals surface area contributed by atoms with Crippen molar-refractivity contribution in [3.8, 4) is 0 Å². The monoisotopic (exact) mass is 158 g/mol. The van der Waals surface area contributed by atoms with E-state index in [1.54, 1.807) is 14.0 Å². The molecule has 0 aliphatic carbocycles. The van der Waals surface area contributed by atoms with Gasteiger partial charge in [-0.3, -0.25) is 10.3 Å². The Labute approximate surface area is 66.0 Å². The van der Waals surface area contributed by atoms with Gasteiger partial charge in [0.2, 0.25) is 0 Å². The van der Waals surface area contributed by atoms with Crippen LogP contribution in [0.4, 0.5) is 0 Å². The number of aliphatic hydroxyl groups excluding tert-OH is 1. The molecule has 11 heavy (non-hydrogen) atoms. The lowest BCUT2D eigenvalue weighted by Gasteiger charge is -1.98. The highest BCUT2D eigenvalue weighted by atomic mass is 16.3. The van der Waals surface area contributed by atoms with E-state index in [1.165, 1.54) is 12.6 Å². The lowest BCUT2D eigenvalue weighted by atomic mass is 10.6. The first kappa shape index (κ1) is 10.2. The van der Waals surface area contributed by atoms with Gasteiger partial charge >= 0.3 is 0 Å². The van der Waals surface area contributed by atoms with Crippen LogP contribution < -0.4 is 11.1 Å². The fraction of sp³-hybridized carbons (Fsp3) is 0.667. The molecule has 2 atom stereocenters. The molecule has 0 aromatic heterocycles. The average molecular weight is 158 g/mol. The minimum Gasteiger partial charge on any atom is -0.373 e. The van der Waals surface area contributed by atoms with Crippen LogP contribution >= 0.6 is 0 Å². The summed E-state index contributed by atoms with van der Waals surface area (Å²) in [6.45, 7) is 1.74. The van der Waals surface area contributed by atoms with Gasteiger partial charge in [-0.2, -0.15) is 0 Å². The Morgan fingerprint density at radius 2 is 2.27 bits per heavy atom. The van der Waals surface area contributed by atoms with Crippen LogP contribution in [0.15, 0.2) is 9.98 Å². The smallest absolute Gasteiger partial charge is 0.141 e. The SMILES string of the molecule is CNC(O)C=NC=NC(C)N. The first-order valence-electron chi connectivity index (χ1n) is 3.32. The quantitative estimate of drug-likeness (QED) is 0.277. The van der Waals surface area contributed by atoms with Gasteiger partial charge < -0.3 is 10.8 Å². The molecule has 0 fully saturated rings. The number of nitrogens with zero attached hydrogens (tertiary/aromatic N) is 2. The Bertz CT molecular complexity index is 144. The minimum absolute atomic E-state index is 0.251. The van der Waals surface area contributed by atoms with Gasteiger partial charge in [0.15, 0.2) is 0 Å². The maximum absolute atomic E-state index is 8.87. The van der Waals surface area contributed by atoms with Crippen molar-refractivity contribution < 1.29 is 5.11 Å². The second kappa shape index (κ2) is 5.96. The van der Waals surface area contributed by atoms with Crippen LogP contribution in [0.2, 0.25) is 0 Å². The molecule has 0 bridgehead atoms. The summed E-state index contributed by atoms with van der Waals surface area (Å²) in [4.78, 5) is 7.42. The first-order valence-corrected chi connectivity index (χ1v) is 3.32. The number of rotatable bonds is 4. The zero-order valence-electron chi connectivity index (χ0n) is 6.73. The van der Waals surface area contributed by atoms with E-state index in [4.69, 9.17) is 10.8 Å². The van der Waals surface area contributed by atoms with E-state index in [1.807, 2.05) is 0 Å². The van der Waals surface area contributed by atoms with Gasteiger partial charge in [-0.05, 0) is 14.0 Å². The van der Waals surface area contributed by atoms with Crippen LogP contribution in [-0.2, 0) is 0 Å². The van der Waals surface area contributed by atoms with Crippen molar-refractivity contribution in [2.45, 2.75) is 19.3 Å². The largest absolute Gasteiger partial charge is 0.373 e. The molecule has 2 unspecified atom stereocenters. The fourth-order valence-electron chi connectivity index (χ4n) is 0.338. The molecular weight excluding hydrogens is 144 g/mol. The highest BCUT2D eigenvalue weighted by molar-refractivity contribution is 5.74. The molecule has 0 amide bonds. The molecule has 0 aliphatic heterocycles. The van der Waals surface area contributed by atoms with E-state index >= 15 is 0 Å². The van der Waals surface area contributed by atoms with E-state index in [-0.39, 0.29) is 6.17 Å². The fourth-order valence-corrected chi connectivity index (χ4v) is 0.338. The molecule has 0 aromatic rings. The second-order valence-electron chi connectivity index (χ2n) is 2.04. The van der Waals surface area contributed by atoms with Crippen molar-refractivity contribution in [2.75, 3.05) is 7.05 Å². The third kappa shape index (κ3) is 7.11. The third-order valence-corrected chi connectivity index (χ3v) is 0.892. The summed E-state index contributed by atoms with van der Waals surface area (Å²) in [5.74, 6) is 0. The minimum atomic E-state index is -0.727. The molecule has 0 radical (unpaired) electrons. The maximum Gasteiger partial charge on any atom is 0.141 e. The second-order valence-corrected chi connectivity index (χ2v) is 2.04. The van der Waals surface area contributed by atoms with E-state index in [0.717, 1.165) is 0 Å². The molecule has 0 aromatic carbocycles. The highest BCUT2D eigenvalue weighted by Crippen LogP contribution is 1.74. The van der Waals surface area contributed by atoms with Crippen LogP contribution in [-0.4, -0.2) is 37.1 Å². The number of nitrogens with two attached hydrogens (primary N) is 1. The van der Waals surface area contributed by atoms with E-state index in [0.29, 0.717) is 0 Å². The topological polar surface area (TPSA) is 83.0 Å². The summed E-state index contributed by atoms with van der Waals surface area (Å²) in [6.07, 6.45) is 1.66. The van der Waals surface area contributed by atoms with Crippen molar-refractivity contribution in [3.05, 3.63) is 0 Å². The number of aliphatic imine (C=N–C) groups is 2. The zero-order chi connectivity index (χ0) is 8.69. The van der Waals surface area contributed by atoms with Gasteiger partial charge in [0.25, 0.3) is 0 Å². The van der Waals surface area contributed by atoms with Crippen molar-refractivity contribution in [3.63, 3.8) is 0 Å². The average Bonchev–Trinajstić information content (AvgIpc) is 1.97. The Morgan fingerprint density at radius 3 is 2.73 bits per heavy atom. The Kier molecular flexibility index (Phi) is 5.54. The van der Waals surface area contributed by atoms with Gasteiger partial charge in [-0.1, -0.05) is 0 Å². The summed E-state index contributed by atoms with van der Waals surface area (Å²) in [7, 11) is 1.62. The van der Waals surface area contributed by atoms with Crippen molar-refractivity contribution in [1.82, 2.24) is 5.32 Å². The maximum atomic E-state index is 8.87. The van der Waals surface area contributed by atoms with Crippen LogP contribution in [0.1, 0.15) is 6.92 Å². The summed E-state index contributed by atoms with van der Waals surface area (Å²) >= 11 is 0. The Hall–Kier alpha value is -0.780. The first-order chi connectivity index (χ1) is 5.16. The van der Waals surface area contributed by atoms with Crippen molar-refractivity contribution in [2.24, 2.45) is 15.7 Å². The molecule has 5 heteroatoms. The van der Waals surface area contributed by atoms with Gasteiger partial charge in [0, 0.05) is 6.21 Å². The van der Waals surface area contributed by atoms with Crippen molar-refractivity contribution in [1.29, 1.82) is 0 Å². The molecule has 64 valence electrons. The van der Waals surface area contributed by atoms with Gasteiger partial charge in [0.05, 0.1) is 6.17 Å². The number of aliphatic hydroxyl groups is 1. The standard InChI is InChI=1S/C6H14N4O/c1-5(7)10-4-9-3-6(11)8-2/h3-6,8,11H,7H2,1-2H3. The van der Waals surface area contributed by atoms with Crippen LogP contribution in [0.3, 0.4) is 0 Å². The predicted octanol–water partition coefficient (Wildman–Crippen LogP) is -1.07. The number of hydrogen-bond donors (Lipinski definition) is 3. The number of nitrogens with one attached hydrogen (secondary N) is 1. The lowest BCUT2D eigenvalue weighted by molar-refractivity contribution is 0.219. The number of hydrogen-bond acceptors (Lipinski definition) is 4. The third-order valence-electron chi connectivity index (χ3n) is 0.892. The normalized spacial score (nSPS) is 17.8. The molecule has 4 N–H and O–H groups in total. The Balaban J connectivity index is 3.59. The summed E-state index contributed by atoms with van der Waals surface area (Å²) in [6, 6.07) is 0. The summed E-state index contributed by atoms with van der Waals surface area (Å²) < 4.78 is 0. The molecule has 0 saturated heterocycles. The van der Waals surface area contributed by atoms with E-state index in [2.05, 4.69) is 15.3 Å². The van der Waals surface area contributed by atoms with E-state index in [9.17, 15) is 0 Å². The van der Waals surface area contributed by atoms with Gasteiger partial charge in [-0.15, -0.1) is 0 Å².